The predicted octanol–water partition coefficient (Wildman–Crippen LogP) is 2.96. The van der Waals surface area contributed by atoms with Gasteiger partial charge in [0.05, 0.1) is 6.61 Å². The van der Waals surface area contributed by atoms with E-state index in [1.165, 1.54) is 0 Å². The second-order valence-electron chi connectivity index (χ2n) is 2.98. The molecule has 0 saturated carbocycles. The van der Waals surface area contributed by atoms with Crippen molar-refractivity contribution < 1.29 is 9.13 Å². The van der Waals surface area contributed by atoms with E-state index >= 15 is 0 Å². The number of rotatable bonds is 6. The van der Waals surface area contributed by atoms with Crippen LogP contribution in [0.25, 0.3) is 0 Å². The van der Waals surface area contributed by atoms with Crippen LogP contribution >= 0.6 is 0 Å². The molecule has 0 aliphatic rings. The molecule has 0 N–H and O–H groups in total. The molecule has 72 valence electrons. The third-order valence-corrected chi connectivity index (χ3v) is 1.85. The van der Waals surface area contributed by atoms with Crippen LogP contribution < -0.4 is 0 Å². The van der Waals surface area contributed by atoms with E-state index in [-0.39, 0.29) is 5.92 Å². The molecule has 0 aliphatic heterocycles. The molecule has 0 spiro atoms. The maximum absolute atomic E-state index is 12.9. The first-order valence-electron chi connectivity index (χ1n) is 4.50. The van der Waals surface area contributed by atoms with Crippen molar-refractivity contribution in [2.75, 3.05) is 13.7 Å². The van der Waals surface area contributed by atoms with Crippen molar-refractivity contribution in [3.8, 4) is 0 Å². The summed E-state index contributed by atoms with van der Waals surface area (Å²) in [7, 11) is 1.65. The predicted molar refractivity (Wildman–Crippen MR) is 50.0 cm³/mol. The van der Waals surface area contributed by atoms with Gasteiger partial charge in [-0.1, -0.05) is 19.1 Å². The molecule has 0 saturated heterocycles. The number of halogens is 1. The Kier molecular flexibility index (Phi) is 7.06. The lowest BCUT2D eigenvalue weighted by Crippen LogP contribution is -2.11. The second kappa shape index (κ2) is 7.29. The largest absolute Gasteiger partial charge is 0.384 e. The highest BCUT2D eigenvalue weighted by molar-refractivity contribution is 4.86. The van der Waals surface area contributed by atoms with Crippen LogP contribution in [0.4, 0.5) is 4.39 Å². The first-order valence-corrected chi connectivity index (χ1v) is 4.50. The topological polar surface area (TPSA) is 9.23 Å². The number of ether oxygens (including phenoxy) is 1. The highest BCUT2D eigenvalue weighted by atomic mass is 19.1. The fourth-order valence-electron chi connectivity index (χ4n) is 1.18. The summed E-state index contributed by atoms with van der Waals surface area (Å²) in [5.74, 6) is 0.231. The lowest BCUT2D eigenvalue weighted by Gasteiger charge is -2.13. The molecule has 0 unspecified atom stereocenters. The summed E-state index contributed by atoms with van der Waals surface area (Å²) < 4.78 is 17.9. The van der Waals surface area contributed by atoms with Gasteiger partial charge in [0.15, 0.2) is 0 Å². The smallest absolute Gasteiger partial charge is 0.101 e. The fraction of sp³-hybridized carbons (Fsp3) is 0.800. The van der Waals surface area contributed by atoms with Gasteiger partial charge in [-0.3, -0.25) is 0 Å². The van der Waals surface area contributed by atoms with E-state index in [0.29, 0.717) is 19.4 Å². The van der Waals surface area contributed by atoms with Gasteiger partial charge in [-0.2, -0.15) is 0 Å². The van der Waals surface area contributed by atoms with E-state index in [4.69, 9.17) is 4.74 Å². The number of allylic oxidation sites excluding steroid dienone is 1. The van der Waals surface area contributed by atoms with Crippen LogP contribution in [0.5, 0.6) is 0 Å². The minimum atomic E-state index is -0.693. The lowest BCUT2D eigenvalue weighted by molar-refractivity contribution is 0.148. The van der Waals surface area contributed by atoms with Gasteiger partial charge in [-0.25, -0.2) is 4.39 Å². The summed E-state index contributed by atoms with van der Waals surface area (Å²) in [4.78, 5) is 0. The van der Waals surface area contributed by atoms with E-state index in [1.807, 2.05) is 26.0 Å². The minimum absolute atomic E-state index is 0.231. The maximum atomic E-state index is 12.9. The summed E-state index contributed by atoms with van der Waals surface area (Å²) in [5, 5.41) is 0. The Morgan fingerprint density at radius 1 is 1.50 bits per heavy atom. The van der Waals surface area contributed by atoms with Crippen molar-refractivity contribution in [1.29, 1.82) is 0 Å². The van der Waals surface area contributed by atoms with Gasteiger partial charge in [-0.05, 0) is 19.8 Å². The van der Waals surface area contributed by atoms with Gasteiger partial charge in [0.1, 0.15) is 6.17 Å². The van der Waals surface area contributed by atoms with Crippen LogP contribution in [-0.2, 0) is 4.74 Å². The Bertz CT molecular complexity index is 123. The Labute approximate surface area is 74.6 Å². The molecule has 12 heavy (non-hydrogen) atoms. The molecule has 2 atom stereocenters. The van der Waals surface area contributed by atoms with Gasteiger partial charge >= 0.3 is 0 Å². The number of hydrogen-bond acceptors (Lipinski definition) is 1. The quantitative estimate of drug-likeness (QED) is 0.562. The molecule has 0 heterocycles. The molecule has 0 amide bonds. The number of methoxy groups -OCH3 is 1. The molecule has 0 aromatic carbocycles. The molecule has 0 radical (unpaired) electrons. The van der Waals surface area contributed by atoms with Crippen molar-refractivity contribution in [2.24, 2.45) is 5.92 Å². The first-order chi connectivity index (χ1) is 5.74. The second-order valence-corrected chi connectivity index (χ2v) is 2.98. The average Bonchev–Trinajstić information content (AvgIpc) is 2.05. The molecule has 0 rings (SSSR count). The van der Waals surface area contributed by atoms with E-state index in [1.54, 1.807) is 7.11 Å². The first kappa shape index (κ1) is 11.6. The van der Waals surface area contributed by atoms with Crippen molar-refractivity contribution in [2.45, 2.75) is 32.9 Å². The fourth-order valence-corrected chi connectivity index (χ4v) is 1.18. The number of hydrogen-bond donors (Lipinski definition) is 0. The van der Waals surface area contributed by atoms with Crippen LogP contribution in [0.3, 0.4) is 0 Å². The maximum Gasteiger partial charge on any atom is 0.101 e. The Morgan fingerprint density at radius 3 is 2.58 bits per heavy atom. The van der Waals surface area contributed by atoms with E-state index in [2.05, 4.69) is 0 Å². The van der Waals surface area contributed by atoms with Crippen molar-refractivity contribution in [3.63, 3.8) is 0 Å². The SMILES string of the molecule is C/C=C\[C@H](COC)C[C@H](F)CC. The highest BCUT2D eigenvalue weighted by Crippen LogP contribution is 2.13. The molecule has 1 nitrogen and oxygen atoms in total. The summed E-state index contributed by atoms with van der Waals surface area (Å²) in [5.41, 5.74) is 0. The molecular formula is C10H19FO. The van der Waals surface area contributed by atoms with Crippen molar-refractivity contribution in [3.05, 3.63) is 12.2 Å². The molecule has 2 heteroatoms. The van der Waals surface area contributed by atoms with Gasteiger partial charge in [0.25, 0.3) is 0 Å². The van der Waals surface area contributed by atoms with Gasteiger partial charge in [0.2, 0.25) is 0 Å². The van der Waals surface area contributed by atoms with Crippen LogP contribution in [-0.4, -0.2) is 19.9 Å². The van der Waals surface area contributed by atoms with E-state index in [9.17, 15) is 4.39 Å². The molecule has 0 aromatic rings. The third kappa shape index (κ3) is 5.30. The lowest BCUT2D eigenvalue weighted by atomic mass is 10.0. The van der Waals surface area contributed by atoms with Crippen molar-refractivity contribution >= 4 is 0 Å². The van der Waals surface area contributed by atoms with Crippen LogP contribution in [0.2, 0.25) is 0 Å². The molecular weight excluding hydrogens is 155 g/mol. The molecule has 0 aliphatic carbocycles. The molecule has 0 fully saturated rings. The summed E-state index contributed by atoms with van der Waals surface area (Å²) in [6, 6.07) is 0. The van der Waals surface area contributed by atoms with Crippen molar-refractivity contribution in [1.82, 2.24) is 0 Å². The zero-order chi connectivity index (χ0) is 9.40. The van der Waals surface area contributed by atoms with E-state index < -0.39 is 6.17 Å². The zero-order valence-electron chi connectivity index (χ0n) is 8.22. The Balaban J connectivity index is 3.77. The molecule has 0 aromatic heterocycles. The van der Waals surface area contributed by atoms with Gasteiger partial charge < -0.3 is 4.74 Å². The summed E-state index contributed by atoms with van der Waals surface area (Å²) in [6.07, 6.45) is 4.44. The monoisotopic (exact) mass is 174 g/mol. The van der Waals surface area contributed by atoms with E-state index in [0.717, 1.165) is 0 Å². The zero-order valence-corrected chi connectivity index (χ0v) is 8.22. The standard InChI is InChI=1S/C10H19FO/c1-4-6-9(8-12-3)7-10(11)5-2/h4,6,9-10H,5,7-8H2,1-3H3/b6-4-/t9-,10+/m0/s1. The third-order valence-electron chi connectivity index (χ3n) is 1.85. The highest BCUT2D eigenvalue weighted by Gasteiger charge is 2.11. The van der Waals surface area contributed by atoms with Crippen LogP contribution in [0.15, 0.2) is 12.2 Å². The normalized spacial score (nSPS) is 16.7. The van der Waals surface area contributed by atoms with Crippen LogP contribution in [0.1, 0.15) is 26.7 Å². The molecule has 0 bridgehead atoms. The number of alkyl halides is 1. The summed E-state index contributed by atoms with van der Waals surface area (Å²) >= 11 is 0. The summed E-state index contributed by atoms with van der Waals surface area (Å²) in [6.45, 7) is 4.43. The van der Waals surface area contributed by atoms with Crippen LogP contribution in [0, 0.1) is 5.92 Å². The Morgan fingerprint density at radius 2 is 2.17 bits per heavy atom. The van der Waals surface area contributed by atoms with Gasteiger partial charge in [0, 0.05) is 13.0 Å². The minimum Gasteiger partial charge on any atom is -0.384 e. The Hall–Kier alpha value is -0.370. The van der Waals surface area contributed by atoms with Gasteiger partial charge in [-0.15, -0.1) is 0 Å². The average molecular weight is 174 g/mol.